The zero-order valence-corrected chi connectivity index (χ0v) is 13.3. The Morgan fingerprint density at radius 1 is 1.14 bits per heavy atom. The molecule has 3 heteroatoms. The predicted octanol–water partition coefficient (Wildman–Crippen LogP) is 4.53. The molecular weight excluding hydrogens is 262 g/mol. The van der Waals surface area contributed by atoms with Gasteiger partial charge in [-0.05, 0) is 48.1 Å². The van der Waals surface area contributed by atoms with Crippen LogP contribution in [-0.4, -0.2) is 10.1 Å². The standard InChI is InChI=1S/C18H23NO2/c1-12-10-15(18(3,4)5)7-8-16(12)21-17-9-6-14(11-19-17)13(2)20/h6-11,13,20H,1-5H3/t13-/m1/s1. The second kappa shape index (κ2) is 5.86. The Bertz CT molecular complexity index is 610. The van der Waals surface area contributed by atoms with E-state index in [4.69, 9.17) is 4.74 Å². The maximum Gasteiger partial charge on any atom is 0.219 e. The molecule has 112 valence electrons. The van der Waals surface area contributed by atoms with Crippen molar-refractivity contribution in [2.75, 3.05) is 0 Å². The van der Waals surface area contributed by atoms with Gasteiger partial charge in [-0.15, -0.1) is 0 Å². The molecule has 2 rings (SSSR count). The molecule has 1 aromatic carbocycles. The number of aliphatic hydroxyl groups excluding tert-OH is 1. The van der Waals surface area contributed by atoms with Crippen molar-refractivity contribution >= 4 is 0 Å². The molecule has 0 bridgehead atoms. The van der Waals surface area contributed by atoms with E-state index in [1.807, 2.05) is 19.1 Å². The van der Waals surface area contributed by atoms with Crippen LogP contribution >= 0.6 is 0 Å². The first-order valence-corrected chi connectivity index (χ1v) is 7.20. The smallest absolute Gasteiger partial charge is 0.219 e. The van der Waals surface area contributed by atoms with Gasteiger partial charge < -0.3 is 9.84 Å². The van der Waals surface area contributed by atoms with Gasteiger partial charge in [0.1, 0.15) is 5.75 Å². The minimum atomic E-state index is -0.514. The van der Waals surface area contributed by atoms with Gasteiger partial charge in [-0.3, -0.25) is 0 Å². The highest BCUT2D eigenvalue weighted by molar-refractivity contribution is 5.40. The van der Waals surface area contributed by atoms with Crippen molar-refractivity contribution in [3.63, 3.8) is 0 Å². The van der Waals surface area contributed by atoms with E-state index < -0.39 is 6.10 Å². The summed E-state index contributed by atoms with van der Waals surface area (Å²) in [4.78, 5) is 4.23. The second-order valence-electron chi connectivity index (χ2n) is 6.44. The first-order valence-electron chi connectivity index (χ1n) is 7.20. The summed E-state index contributed by atoms with van der Waals surface area (Å²) in [5, 5.41) is 9.47. The lowest BCUT2D eigenvalue weighted by atomic mass is 9.86. The minimum Gasteiger partial charge on any atom is -0.439 e. The van der Waals surface area contributed by atoms with Gasteiger partial charge in [-0.2, -0.15) is 0 Å². The third-order valence-electron chi connectivity index (χ3n) is 3.50. The molecule has 3 nitrogen and oxygen atoms in total. The van der Waals surface area contributed by atoms with Crippen molar-refractivity contribution in [3.05, 3.63) is 53.2 Å². The molecule has 0 saturated carbocycles. The van der Waals surface area contributed by atoms with Crippen molar-refractivity contribution in [3.8, 4) is 11.6 Å². The molecule has 1 atom stereocenters. The number of aryl methyl sites for hydroxylation is 1. The summed E-state index contributed by atoms with van der Waals surface area (Å²) in [6.07, 6.45) is 1.12. The van der Waals surface area contributed by atoms with Gasteiger partial charge in [0.25, 0.3) is 0 Å². The van der Waals surface area contributed by atoms with Crippen molar-refractivity contribution in [2.45, 2.75) is 46.1 Å². The zero-order valence-electron chi connectivity index (χ0n) is 13.3. The number of benzene rings is 1. The molecule has 0 aliphatic carbocycles. The van der Waals surface area contributed by atoms with Crippen LogP contribution < -0.4 is 4.74 Å². The first-order chi connectivity index (χ1) is 9.77. The summed E-state index contributed by atoms with van der Waals surface area (Å²) in [6.45, 7) is 10.3. The lowest BCUT2D eigenvalue weighted by Crippen LogP contribution is -2.11. The Balaban J connectivity index is 2.20. The van der Waals surface area contributed by atoms with Crippen LogP contribution in [0.3, 0.4) is 0 Å². The van der Waals surface area contributed by atoms with Crippen LogP contribution in [0.15, 0.2) is 36.5 Å². The van der Waals surface area contributed by atoms with Crippen molar-refractivity contribution in [2.24, 2.45) is 0 Å². The van der Waals surface area contributed by atoms with E-state index in [0.29, 0.717) is 5.88 Å². The van der Waals surface area contributed by atoms with Crippen LogP contribution in [0.5, 0.6) is 11.6 Å². The Morgan fingerprint density at radius 3 is 2.33 bits per heavy atom. The SMILES string of the molecule is Cc1cc(C(C)(C)C)ccc1Oc1ccc([C@@H](C)O)cn1. The van der Waals surface area contributed by atoms with Gasteiger partial charge in [0.2, 0.25) is 5.88 Å². The maximum absolute atomic E-state index is 9.47. The van der Waals surface area contributed by atoms with Gasteiger partial charge in [0, 0.05) is 12.3 Å². The van der Waals surface area contributed by atoms with Crippen LogP contribution in [0.25, 0.3) is 0 Å². The van der Waals surface area contributed by atoms with E-state index in [1.54, 1.807) is 19.2 Å². The molecule has 1 aromatic heterocycles. The number of aliphatic hydroxyl groups is 1. The summed E-state index contributed by atoms with van der Waals surface area (Å²) in [7, 11) is 0. The number of hydrogen-bond acceptors (Lipinski definition) is 3. The van der Waals surface area contributed by atoms with Crippen molar-refractivity contribution in [1.29, 1.82) is 0 Å². The van der Waals surface area contributed by atoms with Gasteiger partial charge in [-0.1, -0.05) is 32.9 Å². The van der Waals surface area contributed by atoms with E-state index in [1.165, 1.54) is 5.56 Å². The van der Waals surface area contributed by atoms with Gasteiger partial charge in [0.15, 0.2) is 0 Å². The van der Waals surface area contributed by atoms with E-state index in [-0.39, 0.29) is 5.41 Å². The molecule has 0 radical (unpaired) electrons. The molecular formula is C18H23NO2. The molecule has 0 spiro atoms. The molecule has 2 aromatic rings. The molecule has 0 saturated heterocycles. The number of rotatable bonds is 3. The fraction of sp³-hybridized carbons (Fsp3) is 0.389. The molecule has 0 aliphatic rings. The average molecular weight is 285 g/mol. The Kier molecular flexibility index (Phi) is 4.33. The second-order valence-corrected chi connectivity index (χ2v) is 6.44. The average Bonchev–Trinajstić information content (AvgIpc) is 2.40. The van der Waals surface area contributed by atoms with Crippen LogP contribution in [0, 0.1) is 6.92 Å². The summed E-state index contributed by atoms with van der Waals surface area (Å²) in [5.41, 5.74) is 3.27. The number of aromatic nitrogens is 1. The first kappa shape index (κ1) is 15.5. The number of ether oxygens (including phenoxy) is 1. The predicted molar refractivity (Wildman–Crippen MR) is 84.8 cm³/mol. The lowest BCUT2D eigenvalue weighted by molar-refractivity contribution is 0.198. The van der Waals surface area contributed by atoms with Crippen LogP contribution in [-0.2, 0) is 5.41 Å². The van der Waals surface area contributed by atoms with Crippen LogP contribution in [0.2, 0.25) is 0 Å². The topological polar surface area (TPSA) is 42.4 Å². The van der Waals surface area contributed by atoms with E-state index in [9.17, 15) is 5.11 Å². The zero-order chi connectivity index (χ0) is 15.6. The monoisotopic (exact) mass is 285 g/mol. The molecule has 0 fully saturated rings. The molecule has 1 heterocycles. The Labute approximate surface area is 126 Å². The highest BCUT2D eigenvalue weighted by Crippen LogP contribution is 2.29. The third-order valence-corrected chi connectivity index (χ3v) is 3.50. The fourth-order valence-electron chi connectivity index (χ4n) is 2.04. The summed E-state index contributed by atoms with van der Waals surface area (Å²) in [6, 6.07) is 9.83. The Morgan fingerprint density at radius 2 is 1.86 bits per heavy atom. The highest BCUT2D eigenvalue weighted by atomic mass is 16.5. The van der Waals surface area contributed by atoms with E-state index in [2.05, 4.69) is 37.9 Å². The number of hydrogen-bond donors (Lipinski definition) is 1. The van der Waals surface area contributed by atoms with Gasteiger partial charge in [0.05, 0.1) is 6.10 Å². The fourth-order valence-corrected chi connectivity index (χ4v) is 2.04. The molecule has 0 aliphatic heterocycles. The summed E-state index contributed by atoms with van der Waals surface area (Å²) < 4.78 is 5.82. The quantitative estimate of drug-likeness (QED) is 0.900. The van der Waals surface area contributed by atoms with E-state index >= 15 is 0 Å². The van der Waals surface area contributed by atoms with Gasteiger partial charge >= 0.3 is 0 Å². The summed E-state index contributed by atoms with van der Waals surface area (Å²) >= 11 is 0. The number of nitrogens with zero attached hydrogens (tertiary/aromatic N) is 1. The van der Waals surface area contributed by atoms with E-state index in [0.717, 1.165) is 16.9 Å². The Hall–Kier alpha value is -1.87. The molecule has 0 amide bonds. The molecule has 21 heavy (non-hydrogen) atoms. The highest BCUT2D eigenvalue weighted by Gasteiger charge is 2.15. The largest absolute Gasteiger partial charge is 0.439 e. The van der Waals surface area contributed by atoms with Crippen LogP contribution in [0.1, 0.15) is 50.5 Å². The lowest BCUT2D eigenvalue weighted by Gasteiger charge is -2.20. The van der Waals surface area contributed by atoms with Gasteiger partial charge in [-0.25, -0.2) is 4.98 Å². The van der Waals surface area contributed by atoms with Crippen molar-refractivity contribution < 1.29 is 9.84 Å². The minimum absolute atomic E-state index is 0.125. The third kappa shape index (κ3) is 3.82. The summed E-state index contributed by atoms with van der Waals surface area (Å²) in [5.74, 6) is 1.34. The normalized spacial score (nSPS) is 13.0. The molecule has 0 unspecified atom stereocenters. The van der Waals surface area contributed by atoms with Crippen molar-refractivity contribution in [1.82, 2.24) is 4.98 Å². The molecule has 1 N–H and O–H groups in total. The van der Waals surface area contributed by atoms with Crippen LogP contribution in [0.4, 0.5) is 0 Å². The maximum atomic E-state index is 9.47. The number of pyridine rings is 1.